The van der Waals surface area contributed by atoms with Crippen LogP contribution >= 0.6 is 0 Å². The molecule has 4 heteroatoms. The van der Waals surface area contributed by atoms with Crippen LogP contribution in [0.3, 0.4) is 0 Å². The van der Waals surface area contributed by atoms with Crippen LogP contribution in [0.2, 0.25) is 0 Å². The molecule has 1 aliphatic heterocycles. The number of anilines is 1. The molecule has 1 aromatic rings. The van der Waals surface area contributed by atoms with E-state index in [2.05, 4.69) is 40.1 Å². The second-order valence-corrected chi connectivity index (χ2v) is 4.15. The summed E-state index contributed by atoms with van der Waals surface area (Å²) >= 11 is 0. The van der Waals surface area contributed by atoms with E-state index in [1.165, 1.54) is 6.42 Å². The fourth-order valence-electron chi connectivity index (χ4n) is 2.25. The highest BCUT2D eigenvalue weighted by molar-refractivity contribution is 5.40. The predicted molar refractivity (Wildman–Crippen MR) is 65.7 cm³/mol. The summed E-state index contributed by atoms with van der Waals surface area (Å²) < 4.78 is 0. The Morgan fingerprint density at radius 2 is 2.31 bits per heavy atom. The fourth-order valence-corrected chi connectivity index (χ4v) is 2.25. The molecule has 0 amide bonds. The summed E-state index contributed by atoms with van der Waals surface area (Å²) in [5.74, 6) is 1.07. The first-order chi connectivity index (χ1) is 7.85. The van der Waals surface area contributed by atoms with E-state index < -0.39 is 0 Å². The van der Waals surface area contributed by atoms with Gasteiger partial charge < -0.3 is 10.2 Å². The molecular weight excluding hydrogens is 200 g/mol. The summed E-state index contributed by atoms with van der Waals surface area (Å²) in [5.41, 5.74) is 1.12. The Balaban J connectivity index is 2.18. The fraction of sp³-hybridized carbons (Fsp3) is 0.667. The van der Waals surface area contributed by atoms with Crippen LogP contribution in [0.4, 0.5) is 5.82 Å². The molecule has 1 aromatic heterocycles. The topological polar surface area (TPSA) is 41.0 Å². The van der Waals surface area contributed by atoms with Gasteiger partial charge in [-0.3, -0.25) is 0 Å². The second-order valence-electron chi connectivity index (χ2n) is 4.15. The summed E-state index contributed by atoms with van der Waals surface area (Å²) in [6.45, 7) is 7.50. The molecule has 1 fully saturated rings. The summed E-state index contributed by atoms with van der Waals surface area (Å²) in [5, 5.41) is 3.40. The van der Waals surface area contributed by atoms with E-state index in [1.807, 2.05) is 0 Å². The van der Waals surface area contributed by atoms with Gasteiger partial charge in [-0.05, 0) is 26.3 Å². The highest BCUT2D eigenvalue weighted by atomic mass is 15.2. The van der Waals surface area contributed by atoms with E-state index in [9.17, 15) is 0 Å². The monoisotopic (exact) mass is 220 g/mol. The normalized spacial score (nSPS) is 20.0. The molecule has 2 heterocycles. The smallest absolute Gasteiger partial charge is 0.132 e. The van der Waals surface area contributed by atoms with Gasteiger partial charge in [0.1, 0.15) is 12.1 Å². The number of hydrogen-bond donors (Lipinski definition) is 1. The third-order valence-electron chi connectivity index (χ3n) is 3.18. The molecule has 1 atom stereocenters. The van der Waals surface area contributed by atoms with Crippen LogP contribution in [0.5, 0.6) is 0 Å². The van der Waals surface area contributed by atoms with Crippen LogP contribution < -0.4 is 10.2 Å². The van der Waals surface area contributed by atoms with E-state index in [4.69, 9.17) is 0 Å². The van der Waals surface area contributed by atoms with Gasteiger partial charge in [-0.2, -0.15) is 0 Å². The molecule has 0 saturated carbocycles. The lowest BCUT2D eigenvalue weighted by Gasteiger charge is -2.28. The summed E-state index contributed by atoms with van der Waals surface area (Å²) in [6, 6.07) is 2.70. The zero-order chi connectivity index (χ0) is 11.4. The van der Waals surface area contributed by atoms with Crippen LogP contribution in [-0.4, -0.2) is 35.6 Å². The minimum absolute atomic E-state index is 0.588. The van der Waals surface area contributed by atoms with Crippen molar-refractivity contribution < 1.29 is 0 Å². The van der Waals surface area contributed by atoms with Crippen LogP contribution in [0.15, 0.2) is 12.4 Å². The minimum atomic E-state index is 0.588. The maximum Gasteiger partial charge on any atom is 0.132 e. The van der Waals surface area contributed by atoms with Crippen LogP contribution in [-0.2, 0) is 6.42 Å². The van der Waals surface area contributed by atoms with Crippen molar-refractivity contribution in [2.45, 2.75) is 32.7 Å². The Bertz CT molecular complexity index is 334. The van der Waals surface area contributed by atoms with Crippen molar-refractivity contribution in [1.29, 1.82) is 0 Å². The van der Waals surface area contributed by atoms with Gasteiger partial charge in [-0.25, -0.2) is 9.97 Å². The third-order valence-corrected chi connectivity index (χ3v) is 3.18. The minimum Gasteiger partial charge on any atom is -0.352 e. The summed E-state index contributed by atoms with van der Waals surface area (Å²) in [6.07, 6.45) is 3.86. The van der Waals surface area contributed by atoms with Gasteiger partial charge >= 0.3 is 0 Å². The van der Waals surface area contributed by atoms with E-state index in [1.54, 1.807) is 6.33 Å². The first-order valence-electron chi connectivity index (χ1n) is 6.13. The molecule has 2 rings (SSSR count). The Labute approximate surface area is 97.1 Å². The molecule has 1 unspecified atom stereocenters. The molecule has 0 aromatic carbocycles. The lowest BCUT2D eigenvalue weighted by molar-refractivity contribution is 0.638. The van der Waals surface area contributed by atoms with E-state index in [-0.39, 0.29) is 0 Å². The third kappa shape index (κ3) is 2.32. The quantitative estimate of drug-likeness (QED) is 0.828. The number of hydrogen-bond acceptors (Lipinski definition) is 4. The SMILES string of the molecule is CCc1cc(N(CC)C2CCNC2)ncn1. The van der Waals surface area contributed by atoms with Gasteiger partial charge in [0.2, 0.25) is 0 Å². The summed E-state index contributed by atoms with van der Waals surface area (Å²) in [4.78, 5) is 11.0. The zero-order valence-electron chi connectivity index (χ0n) is 10.1. The Morgan fingerprint density at radius 3 is 2.94 bits per heavy atom. The summed E-state index contributed by atoms with van der Waals surface area (Å²) in [7, 11) is 0. The average molecular weight is 220 g/mol. The first-order valence-corrected chi connectivity index (χ1v) is 6.13. The van der Waals surface area contributed by atoms with Gasteiger partial charge in [-0.15, -0.1) is 0 Å². The first kappa shape index (κ1) is 11.3. The maximum absolute atomic E-state index is 4.39. The number of nitrogens with zero attached hydrogens (tertiary/aromatic N) is 3. The van der Waals surface area contributed by atoms with E-state index >= 15 is 0 Å². The lowest BCUT2D eigenvalue weighted by Crippen LogP contribution is -2.37. The molecular formula is C12H20N4. The maximum atomic E-state index is 4.39. The standard InChI is InChI=1S/C12H20N4/c1-3-10-7-12(15-9-14-10)16(4-2)11-5-6-13-8-11/h7,9,11,13H,3-6,8H2,1-2H3. The highest BCUT2D eigenvalue weighted by Crippen LogP contribution is 2.17. The molecule has 0 spiro atoms. The Kier molecular flexibility index (Phi) is 3.72. The molecule has 88 valence electrons. The van der Waals surface area contributed by atoms with Crippen LogP contribution in [0.25, 0.3) is 0 Å². The molecule has 0 bridgehead atoms. The van der Waals surface area contributed by atoms with Crippen LogP contribution in [0, 0.1) is 0 Å². The van der Waals surface area contributed by atoms with Crippen molar-refractivity contribution in [3.8, 4) is 0 Å². The number of rotatable bonds is 4. The highest BCUT2D eigenvalue weighted by Gasteiger charge is 2.22. The van der Waals surface area contributed by atoms with Gasteiger partial charge in [0, 0.05) is 30.9 Å². The van der Waals surface area contributed by atoms with E-state index in [0.717, 1.165) is 37.6 Å². The molecule has 1 aliphatic rings. The molecule has 1 saturated heterocycles. The number of aromatic nitrogens is 2. The molecule has 0 radical (unpaired) electrons. The van der Waals surface area contributed by atoms with Crippen molar-refractivity contribution in [3.05, 3.63) is 18.1 Å². The van der Waals surface area contributed by atoms with Crippen molar-refractivity contribution in [3.63, 3.8) is 0 Å². The van der Waals surface area contributed by atoms with E-state index in [0.29, 0.717) is 6.04 Å². The molecule has 16 heavy (non-hydrogen) atoms. The second kappa shape index (κ2) is 5.25. The number of aryl methyl sites for hydroxylation is 1. The number of nitrogens with one attached hydrogen (secondary N) is 1. The van der Waals surface area contributed by atoms with Gasteiger partial charge in [0.05, 0.1) is 0 Å². The van der Waals surface area contributed by atoms with Gasteiger partial charge in [0.25, 0.3) is 0 Å². The van der Waals surface area contributed by atoms with Crippen molar-refractivity contribution in [2.24, 2.45) is 0 Å². The Morgan fingerprint density at radius 1 is 1.44 bits per heavy atom. The van der Waals surface area contributed by atoms with Crippen molar-refractivity contribution >= 4 is 5.82 Å². The molecule has 1 N–H and O–H groups in total. The van der Waals surface area contributed by atoms with Crippen LogP contribution in [0.1, 0.15) is 26.0 Å². The predicted octanol–water partition coefficient (Wildman–Crippen LogP) is 1.23. The largest absolute Gasteiger partial charge is 0.352 e. The van der Waals surface area contributed by atoms with Crippen molar-refractivity contribution in [1.82, 2.24) is 15.3 Å². The average Bonchev–Trinajstić information content (AvgIpc) is 2.84. The number of likely N-dealkylation sites (N-methyl/N-ethyl adjacent to an activating group) is 1. The Hall–Kier alpha value is -1.16. The van der Waals surface area contributed by atoms with Crippen molar-refractivity contribution in [2.75, 3.05) is 24.5 Å². The molecule has 4 nitrogen and oxygen atoms in total. The van der Waals surface area contributed by atoms with Gasteiger partial charge in [-0.1, -0.05) is 6.92 Å². The molecule has 0 aliphatic carbocycles. The van der Waals surface area contributed by atoms with Gasteiger partial charge in [0.15, 0.2) is 0 Å². The lowest BCUT2D eigenvalue weighted by atomic mass is 10.2. The zero-order valence-corrected chi connectivity index (χ0v) is 10.1.